The zero-order chi connectivity index (χ0) is 15.4. The molecule has 0 saturated carbocycles. The van der Waals surface area contributed by atoms with Crippen molar-refractivity contribution in [2.24, 2.45) is 0 Å². The van der Waals surface area contributed by atoms with Gasteiger partial charge in [0.05, 0.1) is 11.3 Å². The first-order valence-corrected chi connectivity index (χ1v) is 7.79. The standard InChI is InChI=1S/C13H17BrN4O3/c1-2-4-8(19)5-3-6-9(14)18-7-15-10-11(18)16-13(21)17-12(10)20/h7,9H,2-6H2,1H3,(H2,16,17,20,21). The molecule has 0 aromatic carbocycles. The molecule has 0 saturated heterocycles. The summed E-state index contributed by atoms with van der Waals surface area (Å²) in [6.45, 7) is 1.98. The van der Waals surface area contributed by atoms with E-state index in [0.29, 0.717) is 24.9 Å². The Balaban J connectivity index is 2.10. The van der Waals surface area contributed by atoms with Gasteiger partial charge < -0.3 is 4.57 Å². The van der Waals surface area contributed by atoms with Crippen LogP contribution >= 0.6 is 15.9 Å². The largest absolute Gasteiger partial charge is 0.327 e. The first kappa shape index (κ1) is 15.7. The Morgan fingerprint density at radius 2 is 2.14 bits per heavy atom. The minimum atomic E-state index is -0.563. The Morgan fingerprint density at radius 1 is 1.38 bits per heavy atom. The van der Waals surface area contributed by atoms with E-state index in [0.717, 1.165) is 12.8 Å². The van der Waals surface area contributed by atoms with Gasteiger partial charge in [-0.1, -0.05) is 22.9 Å². The summed E-state index contributed by atoms with van der Waals surface area (Å²) < 4.78 is 1.69. The van der Waals surface area contributed by atoms with Crippen LogP contribution in [0.15, 0.2) is 15.9 Å². The number of carbonyl (C=O) groups is 1. The highest BCUT2D eigenvalue weighted by molar-refractivity contribution is 9.09. The number of nitrogens with one attached hydrogen (secondary N) is 2. The van der Waals surface area contributed by atoms with Crippen molar-refractivity contribution in [3.8, 4) is 0 Å². The molecule has 0 bridgehead atoms. The maximum absolute atomic E-state index is 11.6. The lowest BCUT2D eigenvalue weighted by molar-refractivity contribution is -0.119. The zero-order valence-electron chi connectivity index (χ0n) is 11.7. The predicted molar refractivity (Wildman–Crippen MR) is 82.7 cm³/mol. The Morgan fingerprint density at radius 3 is 2.86 bits per heavy atom. The Kier molecular flexibility index (Phi) is 5.11. The van der Waals surface area contributed by atoms with Crippen LogP contribution in [0.5, 0.6) is 0 Å². The van der Waals surface area contributed by atoms with Gasteiger partial charge >= 0.3 is 5.69 Å². The van der Waals surface area contributed by atoms with Crippen molar-refractivity contribution < 1.29 is 4.79 Å². The highest BCUT2D eigenvalue weighted by atomic mass is 79.9. The number of aromatic nitrogens is 4. The van der Waals surface area contributed by atoms with Gasteiger partial charge in [-0.05, 0) is 19.3 Å². The Hall–Kier alpha value is -1.70. The highest BCUT2D eigenvalue weighted by Crippen LogP contribution is 2.24. The fourth-order valence-corrected chi connectivity index (χ4v) is 2.81. The highest BCUT2D eigenvalue weighted by Gasteiger charge is 2.14. The van der Waals surface area contributed by atoms with Gasteiger partial charge in [0.15, 0.2) is 5.52 Å². The number of hydrogen-bond donors (Lipinski definition) is 2. The third kappa shape index (κ3) is 3.69. The molecule has 1 atom stereocenters. The molecule has 0 aliphatic rings. The van der Waals surface area contributed by atoms with Gasteiger partial charge in [-0.2, -0.15) is 0 Å². The summed E-state index contributed by atoms with van der Waals surface area (Å²) in [5.41, 5.74) is -0.496. The van der Waals surface area contributed by atoms with E-state index in [4.69, 9.17) is 0 Å². The topological polar surface area (TPSA) is 101 Å². The lowest BCUT2D eigenvalue weighted by Crippen LogP contribution is -2.22. The zero-order valence-corrected chi connectivity index (χ0v) is 13.3. The molecule has 2 heterocycles. The second-order valence-electron chi connectivity index (χ2n) is 4.87. The van der Waals surface area contributed by atoms with Crippen molar-refractivity contribution >= 4 is 32.9 Å². The van der Waals surface area contributed by atoms with Crippen molar-refractivity contribution in [3.05, 3.63) is 27.2 Å². The van der Waals surface area contributed by atoms with Crippen LogP contribution in [-0.2, 0) is 4.79 Å². The predicted octanol–water partition coefficient (Wildman–Crippen LogP) is 1.85. The summed E-state index contributed by atoms with van der Waals surface area (Å²) in [7, 11) is 0. The summed E-state index contributed by atoms with van der Waals surface area (Å²) in [4.78, 5) is 43.0. The van der Waals surface area contributed by atoms with Crippen LogP contribution < -0.4 is 11.2 Å². The van der Waals surface area contributed by atoms with E-state index in [-0.39, 0.29) is 16.3 Å². The molecule has 0 spiro atoms. The number of nitrogens with zero attached hydrogens (tertiary/aromatic N) is 2. The van der Waals surface area contributed by atoms with Crippen molar-refractivity contribution in [3.63, 3.8) is 0 Å². The number of H-pyrrole nitrogens is 2. The smallest absolute Gasteiger partial charge is 0.303 e. The van der Waals surface area contributed by atoms with Gasteiger partial charge in [-0.15, -0.1) is 0 Å². The number of carbonyl (C=O) groups excluding carboxylic acids is 1. The van der Waals surface area contributed by atoms with E-state index in [9.17, 15) is 14.4 Å². The van der Waals surface area contributed by atoms with E-state index >= 15 is 0 Å². The third-order valence-corrected chi connectivity index (χ3v) is 4.10. The van der Waals surface area contributed by atoms with Crippen LogP contribution in [0.3, 0.4) is 0 Å². The minimum absolute atomic E-state index is 0.130. The number of ketones is 1. The van der Waals surface area contributed by atoms with Gasteiger partial charge in [0, 0.05) is 12.8 Å². The van der Waals surface area contributed by atoms with Crippen LogP contribution in [0.25, 0.3) is 11.2 Å². The third-order valence-electron chi connectivity index (χ3n) is 3.20. The quantitative estimate of drug-likeness (QED) is 0.739. The van der Waals surface area contributed by atoms with Gasteiger partial charge in [0.25, 0.3) is 5.56 Å². The molecule has 1 unspecified atom stereocenters. The van der Waals surface area contributed by atoms with Gasteiger partial charge in [-0.3, -0.25) is 19.6 Å². The van der Waals surface area contributed by atoms with Gasteiger partial charge in [0.2, 0.25) is 0 Å². The van der Waals surface area contributed by atoms with Gasteiger partial charge in [-0.25, -0.2) is 9.78 Å². The van der Waals surface area contributed by atoms with Crippen molar-refractivity contribution in [2.45, 2.75) is 44.0 Å². The molecule has 2 rings (SSSR count). The minimum Gasteiger partial charge on any atom is -0.303 e. The normalized spacial score (nSPS) is 12.7. The van der Waals surface area contributed by atoms with E-state index in [2.05, 4.69) is 30.9 Å². The molecule has 0 fully saturated rings. The number of rotatable bonds is 7. The first-order valence-electron chi connectivity index (χ1n) is 6.87. The number of halogens is 1. The molecule has 2 N–H and O–H groups in total. The summed E-state index contributed by atoms with van der Waals surface area (Å²) >= 11 is 3.50. The summed E-state index contributed by atoms with van der Waals surface area (Å²) in [5, 5.41) is 0. The molecule has 0 aliphatic carbocycles. The Labute approximate surface area is 128 Å². The van der Waals surface area contributed by atoms with Gasteiger partial charge in [0.1, 0.15) is 11.4 Å². The Bertz CT molecular complexity index is 746. The molecule has 8 heteroatoms. The first-order chi connectivity index (χ1) is 10.0. The summed E-state index contributed by atoms with van der Waals surface area (Å²) in [6.07, 6.45) is 4.97. The molecular formula is C13H17BrN4O3. The number of fused-ring (bicyclic) bond motifs is 1. The lowest BCUT2D eigenvalue weighted by Gasteiger charge is -2.11. The molecule has 7 nitrogen and oxygen atoms in total. The number of hydrogen-bond acceptors (Lipinski definition) is 4. The maximum Gasteiger partial charge on any atom is 0.327 e. The average Bonchev–Trinajstić information content (AvgIpc) is 2.82. The van der Waals surface area contributed by atoms with Crippen LogP contribution in [-0.4, -0.2) is 25.3 Å². The van der Waals surface area contributed by atoms with Crippen LogP contribution in [0.2, 0.25) is 0 Å². The van der Waals surface area contributed by atoms with E-state index in [1.54, 1.807) is 4.57 Å². The van der Waals surface area contributed by atoms with E-state index in [1.807, 2.05) is 6.92 Å². The van der Waals surface area contributed by atoms with Crippen molar-refractivity contribution in [1.29, 1.82) is 0 Å². The summed E-state index contributed by atoms with van der Waals surface area (Å²) in [6, 6.07) is 0. The number of imidazole rings is 1. The number of alkyl halides is 1. The monoisotopic (exact) mass is 356 g/mol. The van der Waals surface area contributed by atoms with E-state index < -0.39 is 11.2 Å². The fourth-order valence-electron chi connectivity index (χ4n) is 2.18. The lowest BCUT2D eigenvalue weighted by atomic mass is 10.1. The number of aromatic amines is 2. The second kappa shape index (κ2) is 6.84. The average molecular weight is 357 g/mol. The molecule has 0 amide bonds. The van der Waals surface area contributed by atoms with Crippen molar-refractivity contribution in [2.75, 3.05) is 0 Å². The van der Waals surface area contributed by atoms with Crippen molar-refractivity contribution in [1.82, 2.24) is 19.5 Å². The molecule has 0 aliphatic heterocycles. The van der Waals surface area contributed by atoms with E-state index in [1.165, 1.54) is 6.33 Å². The SMILES string of the molecule is CCCC(=O)CCCC(Br)n1cnc2c(=O)[nH]c(=O)[nH]c21. The van der Waals surface area contributed by atoms with Crippen LogP contribution in [0.1, 0.15) is 44.0 Å². The maximum atomic E-state index is 11.6. The molecule has 114 valence electrons. The molecular weight excluding hydrogens is 340 g/mol. The second-order valence-corrected chi connectivity index (χ2v) is 5.93. The molecule has 2 aromatic rings. The van der Waals surface area contributed by atoms with Crippen LogP contribution in [0, 0.1) is 0 Å². The summed E-state index contributed by atoms with van der Waals surface area (Å²) in [5.74, 6) is 0.262. The molecule has 2 aromatic heterocycles. The number of Topliss-reactive ketones (excluding diaryl/α,β-unsaturated/α-hetero) is 1. The molecule has 0 radical (unpaired) electrons. The molecule has 21 heavy (non-hydrogen) atoms. The van der Waals surface area contributed by atoms with Crippen LogP contribution in [0.4, 0.5) is 0 Å². The fraction of sp³-hybridized carbons (Fsp3) is 0.538.